The van der Waals surface area contributed by atoms with Crippen molar-refractivity contribution in [2.24, 2.45) is 0 Å². The highest BCUT2D eigenvalue weighted by Crippen LogP contribution is 2.26. The first-order chi connectivity index (χ1) is 15.1. The molecule has 0 saturated carbocycles. The number of hydrogen-bond acceptors (Lipinski definition) is 2. The van der Waals surface area contributed by atoms with Crippen molar-refractivity contribution in [3.05, 3.63) is 25.1 Å². The largest absolute Gasteiger partial charge is 0.338 e. The SMILES string of the molecule is C=CCCCCCCCCCCCCCCCCC1NC=C[N+]1(CC)C(C)NC(C)=O. The number of carbonyl (C=O) groups is 1. The molecule has 4 nitrogen and oxygen atoms in total. The first-order valence-electron chi connectivity index (χ1n) is 13.3. The van der Waals surface area contributed by atoms with Gasteiger partial charge in [-0.05, 0) is 26.2 Å². The van der Waals surface area contributed by atoms with Gasteiger partial charge >= 0.3 is 0 Å². The molecule has 1 heterocycles. The van der Waals surface area contributed by atoms with Crippen LogP contribution in [-0.4, -0.2) is 29.3 Å². The number of amides is 1. The van der Waals surface area contributed by atoms with Crippen LogP contribution in [0.3, 0.4) is 0 Å². The zero-order chi connectivity index (χ0) is 22.8. The summed E-state index contributed by atoms with van der Waals surface area (Å²) in [6, 6.07) is 0. The third kappa shape index (κ3) is 11.2. The van der Waals surface area contributed by atoms with Gasteiger partial charge in [-0.25, -0.2) is 0 Å². The standard InChI is InChI=1S/C27H51N3O/c1-5-7-8-9-10-11-12-13-14-15-16-17-18-19-20-21-22-27-28-23-24-30(27,6-2)25(3)29-26(4)31/h5,23-25,27-28H,1,6-22H2,2-4H3/p+1. The summed E-state index contributed by atoms with van der Waals surface area (Å²) in [6.07, 6.45) is 28.6. The van der Waals surface area contributed by atoms with E-state index in [-0.39, 0.29) is 12.1 Å². The molecule has 1 rings (SSSR count). The maximum absolute atomic E-state index is 11.5. The van der Waals surface area contributed by atoms with Gasteiger partial charge in [0, 0.05) is 20.3 Å². The van der Waals surface area contributed by atoms with Crippen LogP contribution in [0.1, 0.15) is 124 Å². The molecule has 4 heteroatoms. The number of unbranched alkanes of at least 4 members (excludes halogenated alkanes) is 14. The second-order valence-corrected chi connectivity index (χ2v) is 9.50. The van der Waals surface area contributed by atoms with Crippen molar-refractivity contribution >= 4 is 5.91 Å². The zero-order valence-electron chi connectivity index (χ0n) is 21.0. The molecule has 3 unspecified atom stereocenters. The molecule has 0 aromatic heterocycles. The third-order valence-corrected chi connectivity index (χ3v) is 7.04. The van der Waals surface area contributed by atoms with E-state index in [0.29, 0.717) is 6.17 Å². The normalized spacial score (nSPS) is 21.1. The predicted molar refractivity (Wildman–Crippen MR) is 134 cm³/mol. The van der Waals surface area contributed by atoms with Gasteiger partial charge in [0.2, 0.25) is 5.91 Å². The number of nitrogens with zero attached hydrogens (tertiary/aromatic N) is 1. The van der Waals surface area contributed by atoms with Crippen LogP contribution in [-0.2, 0) is 4.79 Å². The molecule has 0 aliphatic carbocycles. The Morgan fingerprint density at radius 1 is 0.968 bits per heavy atom. The Kier molecular flexibility index (Phi) is 15.5. The second kappa shape index (κ2) is 17.3. The van der Waals surface area contributed by atoms with Gasteiger partial charge in [0.1, 0.15) is 6.20 Å². The summed E-state index contributed by atoms with van der Waals surface area (Å²) in [5, 5.41) is 6.64. The van der Waals surface area contributed by atoms with E-state index in [1.165, 1.54) is 103 Å². The molecular formula is C27H52N3O+. The second-order valence-electron chi connectivity index (χ2n) is 9.50. The van der Waals surface area contributed by atoms with Gasteiger partial charge < -0.3 is 10.6 Å². The zero-order valence-corrected chi connectivity index (χ0v) is 21.0. The van der Waals surface area contributed by atoms with Crippen LogP contribution in [0, 0.1) is 0 Å². The fourth-order valence-electron chi connectivity index (χ4n) is 5.02. The molecule has 0 saturated heterocycles. The molecule has 0 aromatic carbocycles. The average Bonchev–Trinajstić information content (AvgIpc) is 3.17. The van der Waals surface area contributed by atoms with E-state index in [1.54, 1.807) is 6.92 Å². The maximum Gasteiger partial charge on any atom is 0.221 e. The van der Waals surface area contributed by atoms with E-state index in [0.717, 1.165) is 11.0 Å². The van der Waals surface area contributed by atoms with E-state index < -0.39 is 0 Å². The van der Waals surface area contributed by atoms with Crippen LogP contribution in [0.25, 0.3) is 0 Å². The van der Waals surface area contributed by atoms with Gasteiger partial charge in [-0.3, -0.25) is 9.28 Å². The molecular weight excluding hydrogens is 382 g/mol. The van der Waals surface area contributed by atoms with Crippen LogP contribution >= 0.6 is 0 Å². The van der Waals surface area contributed by atoms with E-state index >= 15 is 0 Å². The van der Waals surface area contributed by atoms with Gasteiger partial charge in [-0.2, -0.15) is 0 Å². The summed E-state index contributed by atoms with van der Waals surface area (Å²) in [4.78, 5) is 11.5. The lowest BCUT2D eigenvalue weighted by Crippen LogP contribution is -2.62. The molecule has 0 spiro atoms. The van der Waals surface area contributed by atoms with Crippen LogP contribution in [0.5, 0.6) is 0 Å². The molecule has 1 aliphatic heterocycles. The van der Waals surface area contributed by atoms with E-state index in [9.17, 15) is 4.79 Å². The number of quaternary nitrogens is 1. The van der Waals surface area contributed by atoms with Crippen LogP contribution < -0.4 is 10.6 Å². The van der Waals surface area contributed by atoms with Gasteiger partial charge in [-0.1, -0.05) is 83.1 Å². The van der Waals surface area contributed by atoms with Crippen molar-refractivity contribution in [3.63, 3.8) is 0 Å². The molecule has 1 aliphatic rings. The van der Waals surface area contributed by atoms with Crippen molar-refractivity contribution in [2.75, 3.05) is 6.54 Å². The monoisotopic (exact) mass is 434 g/mol. The molecule has 0 radical (unpaired) electrons. The van der Waals surface area contributed by atoms with Gasteiger partial charge in [0.05, 0.1) is 12.7 Å². The summed E-state index contributed by atoms with van der Waals surface area (Å²) < 4.78 is 0.814. The highest BCUT2D eigenvalue weighted by Gasteiger charge is 2.41. The minimum atomic E-state index is 0.0525. The Hall–Kier alpha value is -1.29. The lowest BCUT2D eigenvalue weighted by molar-refractivity contribution is -0.923. The Balaban J connectivity index is 1.99. The Morgan fingerprint density at radius 3 is 1.90 bits per heavy atom. The minimum Gasteiger partial charge on any atom is -0.338 e. The Morgan fingerprint density at radius 2 is 1.45 bits per heavy atom. The van der Waals surface area contributed by atoms with Crippen LogP contribution in [0.4, 0.5) is 0 Å². The van der Waals surface area contributed by atoms with E-state index in [2.05, 4.69) is 43.5 Å². The van der Waals surface area contributed by atoms with Gasteiger partial charge in [0.15, 0.2) is 12.3 Å². The predicted octanol–water partition coefficient (Wildman–Crippen LogP) is 7.13. The van der Waals surface area contributed by atoms with Crippen LogP contribution in [0.2, 0.25) is 0 Å². The highest BCUT2D eigenvalue weighted by atomic mass is 16.1. The van der Waals surface area contributed by atoms with Crippen molar-refractivity contribution in [1.29, 1.82) is 0 Å². The topological polar surface area (TPSA) is 41.1 Å². The van der Waals surface area contributed by atoms with Crippen molar-refractivity contribution in [1.82, 2.24) is 10.6 Å². The molecule has 3 atom stereocenters. The first-order valence-corrected chi connectivity index (χ1v) is 13.3. The smallest absolute Gasteiger partial charge is 0.221 e. The van der Waals surface area contributed by atoms with Crippen molar-refractivity contribution < 1.29 is 9.28 Å². The van der Waals surface area contributed by atoms with Crippen molar-refractivity contribution in [3.8, 4) is 0 Å². The molecule has 1 amide bonds. The lowest BCUT2D eigenvalue weighted by atomic mass is 10.0. The van der Waals surface area contributed by atoms with Crippen molar-refractivity contribution in [2.45, 2.75) is 136 Å². The fourth-order valence-corrected chi connectivity index (χ4v) is 5.02. The molecule has 0 aromatic rings. The fraction of sp³-hybridized carbons (Fsp3) is 0.815. The van der Waals surface area contributed by atoms with Gasteiger partial charge in [-0.15, -0.1) is 6.58 Å². The Bertz CT molecular complexity index is 505. The highest BCUT2D eigenvalue weighted by molar-refractivity contribution is 5.72. The van der Waals surface area contributed by atoms with Gasteiger partial charge in [0.25, 0.3) is 0 Å². The van der Waals surface area contributed by atoms with E-state index in [1.807, 2.05) is 6.08 Å². The molecule has 0 fully saturated rings. The summed E-state index contributed by atoms with van der Waals surface area (Å²) in [6.45, 7) is 10.7. The number of allylic oxidation sites excluding steroid dienone is 1. The quantitative estimate of drug-likeness (QED) is 0.121. The summed E-state index contributed by atoms with van der Waals surface area (Å²) in [5.74, 6) is 0.0525. The number of nitrogens with one attached hydrogen (secondary N) is 2. The molecule has 2 N–H and O–H groups in total. The summed E-state index contributed by atoms with van der Waals surface area (Å²) in [5.41, 5.74) is 0. The maximum atomic E-state index is 11.5. The van der Waals surface area contributed by atoms with E-state index in [4.69, 9.17) is 0 Å². The summed E-state index contributed by atoms with van der Waals surface area (Å²) in [7, 11) is 0. The number of rotatable bonds is 20. The minimum absolute atomic E-state index is 0.0525. The molecule has 0 bridgehead atoms. The van der Waals surface area contributed by atoms with Crippen LogP contribution in [0.15, 0.2) is 25.1 Å². The average molecular weight is 435 g/mol. The lowest BCUT2D eigenvalue weighted by Gasteiger charge is -2.41. The number of hydrogen-bond donors (Lipinski definition) is 2. The number of carbonyl (C=O) groups excluding carboxylic acids is 1. The third-order valence-electron chi connectivity index (χ3n) is 7.04. The molecule has 180 valence electrons. The Labute approximate surface area is 193 Å². The first kappa shape index (κ1) is 27.7. The summed E-state index contributed by atoms with van der Waals surface area (Å²) >= 11 is 0. The molecule has 31 heavy (non-hydrogen) atoms.